The third-order valence-electron chi connectivity index (χ3n) is 3.76. The number of nitrogens with one attached hydrogen (secondary N) is 3. The molecule has 8 heteroatoms. The molecule has 4 N–H and O–H groups in total. The third kappa shape index (κ3) is 6.40. The number of carbonyl (C=O) groups excluding carboxylic acids is 3. The van der Waals surface area contributed by atoms with Gasteiger partial charge >= 0.3 is 12.0 Å². The van der Waals surface area contributed by atoms with E-state index in [4.69, 9.17) is 9.84 Å². The molecule has 0 aliphatic heterocycles. The van der Waals surface area contributed by atoms with E-state index in [1.807, 2.05) is 30.3 Å². The van der Waals surface area contributed by atoms with Crippen LogP contribution in [0.3, 0.4) is 0 Å². The van der Waals surface area contributed by atoms with E-state index < -0.39 is 24.0 Å². The Labute approximate surface area is 162 Å². The second kappa shape index (κ2) is 10.7. The number of para-hydroxylation sites is 1. The Bertz CT molecular complexity index is 810. The monoisotopic (exact) mass is 385 g/mol. The Hall–Kier alpha value is -3.39. The predicted octanol–water partition coefficient (Wildman–Crippen LogP) is 1.66. The minimum Gasteiger partial charge on any atom is -0.449 e. The average Bonchev–Trinajstić information content (AvgIpc) is 2.71. The zero-order valence-corrected chi connectivity index (χ0v) is 15.5. The zero-order chi connectivity index (χ0) is 20.4. The molecule has 8 nitrogen and oxygen atoms in total. The maximum atomic E-state index is 12.3. The quantitative estimate of drug-likeness (QED) is 0.514. The molecular formula is C20H23N3O5. The number of rotatable bonds is 8. The summed E-state index contributed by atoms with van der Waals surface area (Å²) in [5.41, 5.74) is 1.59. The summed E-state index contributed by atoms with van der Waals surface area (Å²) in [7, 11) is 0. The normalized spacial score (nSPS) is 11.2. The van der Waals surface area contributed by atoms with E-state index >= 15 is 0 Å². The van der Waals surface area contributed by atoms with Crippen LogP contribution in [0.25, 0.3) is 0 Å². The second-order valence-electron chi connectivity index (χ2n) is 5.90. The number of ether oxygens (including phenoxy) is 1. The number of anilines is 1. The van der Waals surface area contributed by atoms with Crippen molar-refractivity contribution in [3.63, 3.8) is 0 Å². The number of aliphatic hydroxyl groups is 1. The first kappa shape index (κ1) is 20.9. The zero-order valence-electron chi connectivity index (χ0n) is 15.5. The van der Waals surface area contributed by atoms with Crippen LogP contribution < -0.4 is 16.0 Å². The van der Waals surface area contributed by atoms with E-state index in [9.17, 15) is 14.4 Å². The minimum atomic E-state index is -1.17. The van der Waals surface area contributed by atoms with Gasteiger partial charge in [0.1, 0.15) is 0 Å². The molecule has 0 aliphatic carbocycles. The largest absolute Gasteiger partial charge is 0.449 e. The topological polar surface area (TPSA) is 117 Å². The molecular weight excluding hydrogens is 362 g/mol. The van der Waals surface area contributed by atoms with E-state index in [0.29, 0.717) is 5.69 Å². The summed E-state index contributed by atoms with van der Waals surface area (Å²) in [6.45, 7) is 1.81. The van der Waals surface area contributed by atoms with E-state index in [-0.39, 0.29) is 25.3 Å². The van der Waals surface area contributed by atoms with Gasteiger partial charge in [-0.1, -0.05) is 42.5 Å². The fraction of sp³-hybridized carbons (Fsp3) is 0.250. The number of urea groups is 1. The first-order valence-corrected chi connectivity index (χ1v) is 8.78. The lowest BCUT2D eigenvalue weighted by Gasteiger charge is -2.15. The van der Waals surface area contributed by atoms with Gasteiger partial charge in [-0.05, 0) is 24.6 Å². The summed E-state index contributed by atoms with van der Waals surface area (Å²) < 4.78 is 5.15. The van der Waals surface area contributed by atoms with Gasteiger partial charge in [0.05, 0.1) is 12.2 Å². The van der Waals surface area contributed by atoms with Gasteiger partial charge < -0.3 is 20.5 Å². The molecule has 0 aromatic heterocycles. The van der Waals surface area contributed by atoms with Gasteiger partial charge in [-0.3, -0.25) is 10.1 Å². The molecule has 3 amide bonds. The van der Waals surface area contributed by atoms with Crippen molar-refractivity contribution in [3.05, 3.63) is 65.7 Å². The fourth-order valence-electron chi connectivity index (χ4n) is 2.32. The number of aliphatic hydroxyl groups excluding tert-OH is 1. The SMILES string of the molecule is C[C@H](OC(=O)c1ccccc1NCCO)C(=O)NC(=O)NCc1ccccc1. The number of imide groups is 1. The number of hydrogen-bond donors (Lipinski definition) is 4. The van der Waals surface area contributed by atoms with Crippen LogP contribution in [0.1, 0.15) is 22.8 Å². The van der Waals surface area contributed by atoms with Crippen molar-refractivity contribution in [2.24, 2.45) is 0 Å². The van der Waals surface area contributed by atoms with Gasteiger partial charge in [-0.15, -0.1) is 0 Å². The summed E-state index contributed by atoms with van der Waals surface area (Å²) in [6.07, 6.45) is -1.17. The Morgan fingerprint density at radius 3 is 2.43 bits per heavy atom. The molecule has 0 spiro atoms. The third-order valence-corrected chi connectivity index (χ3v) is 3.76. The minimum absolute atomic E-state index is 0.0969. The molecule has 0 unspecified atom stereocenters. The first-order valence-electron chi connectivity index (χ1n) is 8.78. The van der Waals surface area contributed by atoms with Crippen LogP contribution >= 0.6 is 0 Å². The number of carbonyl (C=O) groups is 3. The molecule has 0 saturated carbocycles. The highest BCUT2D eigenvalue weighted by Gasteiger charge is 2.22. The number of esters is 1. The smallest absolute Gasteiger partial charge is 0.341 e. The Kier molecular flexibility index (Phi) is 7.98. The summed E-state index contributed by atoms with van der Waals surface area (Å²) in [5.74, 6) is -1.45. The van der Waals surface area contributed by atoms with Gasteiger partial charge in [-0.25, -0.2) is 9.59 Å². The van der Waals surface area contributed by atoms with Crippen molar-refractivity contribution in [1.82, 2.24) is 10.6 Å². The van der Waals surface area contributed by atoms with Crippen molar-refractivity contribution in [2.75, 3.05) is 18.5 Å². The van der Waals surface area contributed by atoms with Crippen LogP contribution in [-0.2, 0) is 16.1 Å². The summed E-state index contributed by atoms with van der Waals surface area (Å²) in [4.78, 5) is 36.3. The van der Waals surface area contributed by atoms with E-state index in [1.54, 1.807) is 24.3 Å². The lowest BCUT2D eigenvalue weighted by atomic mass is 10.2. The number of hydrogen-bond acceptors (Lipinski definition) is 6. The molecule has 28 heavy (non-hydrogen) atoms. The van der Waals surface area contributed by atoms with Crippen molar-refractivity contribution in [2.45, 2.75) is 19.6 Å². The van der Waals surface area contributed by atoms with Crippen LogP contribution in [0.4, 0.5) is 10.5 Å². The highest BCUT2D eigenvalue weighted by Crippen LogP contribution is 2.16. The van der Waals surface area contributed by atoms with Gasteiger partial charge in [0.15, 0.2) is 6.10 Å². The highest BCUT2D eigenvalue weighted by molar-refractivity contribution is 6.00. The fourth-order valence-corrected chi connectivity index (χ4v) is 2.32. The van der Waals surface area contributed by atoms with E-state index in [1.165, 1.54) is 6.92 Å². The number of amides is 3. The van der Waals surface area contributed by atoms with Gasteiger partial charge in [0.2, 0.25) is 0 Å². The first-order chi connectivity index (χ1) is 13.5. The van der Waals surface area contributed by atoms with Crippen molar-refractivity contribution in [1.29, 1.82) is 0 Å². The van der Waals surface area contributed by atoms with Crippen LogP contribution in [-0.4, -0.2) is 42.3 Å². The molecule has 0 heterocycles. The Morgan fingerprint density at radius 2 is 1.71 bits per heavy atom. The second-order valence-corrected chi connectivity index (χ2v) is 5.90. The van der Waals surface area contributed by atoms with Crippen LogP contribution in [0.5, 0.6) is 0 Å². The molecule has 0 bridgehead atoms. The Morgan fingerprint density at radius 1 is 1.04 bits per heavy atom. The molecule has 148 valence electrons. The summed E-state index contributed by atoms with van der Waals surface area (Å²) in [5, 5.41) is 16.5. The lowest BCUT2D eigenvalue weighted by Crippen LogP contribution is -2.44. The van der Waals surface area contributed by atoms with Gasteiger partial charge in [0.25, 0.3) is 5.91 Å². The van der Waals surface area contributed by atoms with Crippen LogP contribution in [0.15, 0.2) is 54.6 Å². The molecule has 0 fully saturated rings. The highest BCUT2D eigenvalue weighted by atomic mass is 16.5. The molecule has 2 rings (SSSR count). The Balaban J connectivity index is 1.86. The maximum absolute atomic E-state index is 12.3. The van der Waals surface area contributed by atoms with Gasteiger partial charge in [-0.2, -0.15) is 0 Å². The molecule has 2 aromatic rings. The van der Waals surface area contributed by atoms with Crippen LogP contribution in [0, 0.1) is 0 Å². The molecule has 0 saturated heterocycles. The van der Waals surface area contributed by atoms with Crippen LogP contribution in [0.2, 0.25) is 0 Å². The van der Waals surface area contributed by atoms with Gasteiger partial charge in [0, 0.05) is 18.8 Å². The van der Waals surface area contributed by atoms with E-state index in [2.05, 4.69) is 16.0 Å². The molecule has 0 radical (unpaired) electrons. The number of benzene rings is 2. The van der Waals surface area contributed by atoms with Crippen molar-refractivity contribution in [3.8, 4) is 0 Å². The lowest BCUT2D eigenvalue weighted by molar-refractivity contribution is -0.127. The summed E-state index contributed by atoms with van der Waals surface area (Å²) >= 11 is 0. The molecule has 2 aromatic carbocycles. The summed E-state index contributed by atoms with van der Waals surface area (Å²) in [6, 6.07) is 15.1. The van der Waals surface area contributed by atoms with Crippen molar-refractivity contribution < 1.29 is 24.2 Å². The predicted molar refractivity (Wildman–Crippen MR) is 104 cm³/mol. The molecule has 0 aliphatic rings. The van der Waals surface area contributed by atoms with Crippen molar-refractivity contribution >= 4 is 23.6 Å². The maximum Gasteiger partial charge on any atom is 0.341 e. The molecule has 1 atom stereocenters. The average molecular weight is 385 g/mol. The standard InChI is InChI=1S/C20H23N3O5/c1-14(18(25)23-20(27)22-13-15-7-3-2-4-8-15)28-19(26)16-9-5-6-10-17(16)21-11-12-24/h2-10,14,21,24H,11-13H2,1H3,(H2,22,23,25,27)/t14-/m0/s1. The van der Waals surface area contributed by atoms with E-state index in [0.717, 1.165) is 5.56 Å².